The highest BCUT2D eigenvalue weighted by Gasteiger charge is 2.38. The summed E-state index contributed by atoms with van der Waals surface area (Å²) in [5, 5.41) is 11.5. The van der Waals surface area contributed by atoms with Gasteiger partial charge in [0.15, 0.2) is 5.54 Å². The van der Waals surface area contributed by atoms with Crippen molar-refractivity contribution >= 4 is 69.7 Å². The number of thiophene rings is 1. The minimum atomic E-state index is -0.788. The average molecular weight is 465 g/mol. The molecule has 0 saturated carbocycles. The molecule has 142 valence electrons. The molecule has 1 aromatic carbocycles. The van der Waals surface area contributed by atoms with Gasteiger partial charge in [-0.2, -0.15) is 0 Å². The molecule has 4 rings (SSSR count). The molecule has 0 radical (unpaired) electrons. The highest BCUT2D eigenvalue weighted by Crippen LogP contribution is 2.46. The van der Waals surface area contributed by atoms with E-state index >= 15 is 0 Å². The molecule has 0 saturated heterocycles. The lowest BCUT2D eigenvalue weighted by molar-refractivity contribution is 0.694. The molecule has 0 fully saturated rings. The number of halogens is 2. The first kappa shape index (κ1) is 19.7. The average Bonchev–Trinajstić information content (AvgIpc) is 3.42. The van der Waals surface area contributed by atoms with Crippen LogP contribution in [0.3, 0.4) is 0 Å². The number of aromatic nitrogens is 1. The van der Waals surface area contributed by atoms with Gasteiger partial charge < -0.3 is 5.73 Å². The van der Waals surface area contributed by atoms with Gasteiger partial charge in [0.2, 0.25) is 0 Å². The molecule has 0 spiro atoms. The van der Waals surface area contributed by atoms with Gasteiger partial charge >= 0.3 is 0 Å². The number of thioether (sulfide) groups is 1. The predicted octanol–water partition coefficient (Wildman–Crippen LogP) is 6.07. The van der Waals surface area contributed by atoms with E-state index in [1.54, 1.807) is 24.0 Å². The summed E-state index contributed by atoms with van der Waals surface area (Å²) in [6.45, 7) is 0. The van der Waals surface area contributed by atoms with Crippen molar-refractivity contribution in [2.75, 3.05) is 6.26 Å². The summed E-state index contributed by atoms with van der Waals surface area (Å²) in [6.07, 6.45) is 7.63. The van der Waals surface area contributed by atoms with Crippen molar-refractivity contribution in [1.29, 1.82) is 5.41 Å². The van der Waals surface area contributed by atoms with Crippen molar-refractivity contribution in [3.63, 3.8) is 0 Å². The van der Waals surface area contributed by atoms with Crippen molar-refractivity contribution < 1.29 is 0 Å². The van der Waals surface area contributed by atoms with Crippen LogP contribution in [0.2, 0.25) is 10.0 Å². The molecule has 4 nitrogen and oxygen atoms in total. The zero-order chi connectivity index (χ0) is 19.9. The molecule has 0 bridgehead atoms. The number of nitrogen functional groups attached to an aromatic ring is 1. The molecule has 1 aliphatic heterocycles. The number of nitrogens with two attached hydrogens (primary N) is 1. The number of rotatable bonds is 5. The number of aliphatic imine (C=N–C) groups is 1. The number of allylic oxidation sites excluding steroid dienone is 1. The lowest BCUT2D eigenvalue weighted by atomic mass is 9.91. The zero-order valence-electron chi connectivity index (χ0n) is 14.6. The normalized spacial score (nSPS) is 18.1. The molecule has 1 atom stereocenters. The lowest BCUT2D eigenvalue weighted by Gasteiger charge is -2.24. The van der Waals surface area contributed by atoms with E-state index < -0.39 is 5.54 Å². The zero-order valence-corrected chi connectivity index (χ0v) is 18.5. The highest BCUT2D eigenvalue weighted by molar-refractivity contribution is 8.00. The number of hydrogen-bond donors (Lipinski definition) is 2. The topological polar surface area (TPSA) is 75.1 Å². The summed E-state index contributed by atoms with van der Waals surface area (Å²) in [7, 11) is 0. The summed E-state index contributed by atoms with van der Waals surface area (Å²) in [6, 6.07) is 7.47. The van der Waals surface area contributed by atoms with Crippen LogP contribution in [0.1, 0.15) is 15.4 Å². The van der Waals surface area contributed by atoms with Crippen LogP contribution in [0.4, 0.5) is 0 Å². The Labute approximate surface area is 184 Å². The van der Waals surface area contributed by atoms with Crippen LogP contribution >= 0.6 is 57.6 Å². The number of benzene rings is 1. The maximum absolute atomic E-state index is 7.72. The predicted molar refractivity (Wildman–Crippen MR) is 123 cm³/mol. The van der Waals surface area contributed by atoms with Gasteiger partial charge in [0.25, 0.3) is 0 Å². The largest absolute Gasteiger partial charge is 0.383 e. The first-order chi connectivity index (χ1) is 13.5. The number of nitrogens with one attached hydrogen (secondary N) is 1. The van der Waals surface area contributed by atoms with Crippen molar-refractivity contribution in [3.05, 3.63) is 67.3 Å². The van der Waals surface area contributed by atoms with Crippen LogP contribution in [-0.2, 0) is 5.54 Å². The fraction of sp³-hybridized carbons (Fsp3) is 0.105. The number of hydrogen-bond acceptors (Lipinski definition) is 6. The third kappa shape index (κ3) is 3.21. The van der Waals surface area contributed by atoms with Gasteiger partial charge in [0.1, 0.15) is 10.8 Å². The Morgan fingerprint density at radius 2 is 2.14 bits per heavy atom. The summed E-state index contributed by atoms with van der Waals surface area (Å²) in [5.41, 5.74) is 7.49. The quantitative estimate of drug-likeness (QED) is 0.273. The summed E-state index contributed by atoms with van der Waals surface area (Å²) >= 11 is 17.4. The van der Waals surface area contributed by atoms with Crippen LogP contribution in [0.5, 0.6) is 0 Å². The maximum atomic E-state index is 7.72. The Bertz CT molecular complexity index is 1120. The Kier molecular flexibility index (Phi) is 5.37. The fourth-order valence-electron chi connectivity index (χ4n) is 2.99. The van der Waals surface area contributed by atoms with Gasteiger partial charge in [-0.25, -0.2) is 4.98 Å². The van der Waals surface area contributed by atoms with E-state index in [9.17, 15) is 0 Å². The van der Waals surface area contributed by atoms with Gasteiger partial charge in [-0.15, -0.1) is 34.4 Å². The van der Waals surface area contributed by atoms with Crippen LogP contribution in [0.25, 0.3) is 11.3 Å². The summed E-state index contributed by atoms with van der Waals surface area (Å²) in [5.74, 6) is 0.0625. The highest BCUT2D eigenvalue weighted by atomic mass is 35.5. The summed E-state index contributed by atoms with van der Waals surface area (Å²) < 4.78 is 1.07. The van der Waals surface area contributed by atoms with Crippen molar-refractivity contribution in [1.82, 2.24) is 4.98 Å². The van der Waals surface area contributed by atoms with Crippen LogP contribution in [0, 0.1) is 5.41 Å². The van der Waals surface area contributed by atoms with Crippen molar-refractivity contribution in [2.24, 2.45) is 10.7 Å². The molecular formula is C19H14Cl2N4S3. The van der Waals surface area contributed by atoms with Gasteiger partial charge in [0.05, 0.1) is 24.8 Å². The van der Waals surface area contributed by atoms with E-state index in [-0.39, 0.29) is 5.84 Å². The SMILES string of the molecule is CSc1sc(C(=N)N)cc1-c1csc(C2(c3cccc(Cl)c3Cl)C=CC=N2)n1. The van der Waals surface area contributed by atoms with Crippen LogP contribution in [0.15, 0.2) is 51.0 Å². The summed E-state index contributed by atoms with van der Waals surface area (Å²) in [4.78, 5) is 10.3. The minimum absolute atomic E-state index is 0.0625. The van der Waals surface area contributed by atoms with E-state index in [0.717, 1.165) is 30.9 Å². The second kappa shape index (κ2) is 7.65. The van der Waals surface area contributed by atoms with E-state index in [0.29, 0.717) is 10.0 Å². The molecule has 9 heteroatoms. The Morgan fingerprint density at radius 1 is 1.32 bits per heavy atom. The Morgan fingerprint density at radius 3 is 2.82 bits per heavy atom. The van der Waals surface area contributed by atoms with Gasteiger partial charge in [-0.1, -0.05) is 35.3 Å². The van der Waals surface area contributed by atoms with Crippen LogP contribution < -0.4 is 5.73 Å². The maximum Gasteiger partial charge on any atom is 0.157 e. The number of nitrogens with zero attached hydrogens (tertiary/aromatic N) is 2. The molecule has 1 aliphatic rings. The lowest BCUT2D eigenvalue weighted by Crippen LogP contribution is -2.21. The number of thiazole rings is 1. The van der Waals surface area contributed by atoms with Crippen LogP contribution in [-0.4, -0.2) is 23.3 Å². The standard InChI is InChI=1S/C19H14Cl2N4S3/c1-26-17-10(8-14(28-17)16(22)23)13-9-27-18(25-13)19(6-3-7-24-19)11-4-2-5-12(20)15(11)21/h2-9H,1H3,(H3,22,23). The molecule has 2 aromatic heterocycles. The molecule has 28 heavy (non-hydrogen) atoms. The van der Waals surface area contributed by atoms with Crippen molar-refractivity contribution in [3.8, 4) is 11.3 Å². The third-order valence-corrected chi connectivity index (χ3v) is 8.41. The van der Waals surface area contributed by atoms with E-state index in [2.05, 4.69) is 0 Å². The molecular weight excluding hydrogens is 451 g/mol. The molecule has 0 amide bonds. The monoisotopic (exact) mass is 464 g/mol. The molecule has 0 aliphatic carbocycles. The fourth-order valence-corrected chi connectivity index (χ4v) is 6.15. The second-order valence-electron chi connectivity index (χ2n) is 5.97. The van der Waals surface area contributed by atoms with E-state index in [1.165, 1.54) is 22.7 Å². The Hall–Kier alpha value is -1.64. The second-order valence-corrected chi connectivity index (χ2v) is 9.74. The smallest absolute Gasteiger partial charge is 0.157 e. The minimum Gasteiger partial charge on any atom is -0.383 e. The first-order valence-electron chi connectivity index (χ1n) is 8.12. The third-order valence-electron chi connectivity index (χ3n) is 4.32. The molecule has 3 aromatic rings. The Balaban J connectivity index is 1.84. The molecule has 1 unspecified atom stereocenters. The van der Waals surface area contributed by atoms with Gasteiger partial charge in [0, 0.05) is 22.7 Å². The first-order valence-corrected chi connectivity index (χ1v) is 11.8. The van der Waals surface area contributed by atoms with Gasteiger partial charge in [-0.3, -0.25) is 10.4 Å². The van der Waals surface area contributed by atoms with E-state index in [1.807, 2.05) is 42.0 Å². The molecule has 3 heterocycles. The number of amidine groups is 1. The van der Waals surface area contributed by atoms with Gasteiger partial charge in [-0.05, 0) is 30.5 Å². The molecule has 3 N–H and O–H groups in total. The van der Waals surface area contributed by atoms with Crippen molar-refractivity contribution in [2.45, 2.75) is 9.75 Å². The van der Waals surface area contributed by atoms with E-state index in [4.69, 9.17) is 44.3 Å².